The molecule has 0 saturated heterocycles. The van der Waals surface area contributed by atoms with Crippen molar-refractivity contribution in [3.05, 3.63) is 0 Å². The second-order valence-corrected chi connectivity index (χ2v) is 4.72. The van der Waals surface area contributed by atoms with E-state index in [-0.39, 0.29) is 12.8 Å². The fourth-order valence-corrected chi connectivity index (χ4v) is 2.39. The number of halogens is 3. The van der Waals surface area contributed by atoms with Gasteiger partial charge >= 0.3 is 10.2 Å². The molecule has 1 fully saturated rings. The van der Waals surface area contributed by atoms with Crippen LogP contribution >= 0.6 is 0 Å². The number of hydrogen-bond donors (Lipinski definition) is 0. The van der Waals surface area contributed by atoms with Crippen LogP contribution in [0.3, 0.4) is 0 Å². The molecule has 1 aliphatic rings. The van der Waals surface area contributed by atoms with Crippen LogP contribution < -0.4 is 0 Å². The Morgan fingerprint density at radius 2 is 1.83 bits per heavy atom. The van der Waals surface area contributed by atoms with Gasteiger partial charge in [-0.2, -0.15) is 8.42 Å². The molecule has 0 aromatic carbocycles. The minimum Gasteiger partial charge on any atom is -0.207 e. The summed E-state index contributed by atoms with van der Waals surface area (Å²) >= 11 is 0. The smallest absolute Gasteiger partial charge is 0.207 e. The van der Waals surface area contributed by atoms with Gasteiger partial charge in [-0.25, -0.2) is 8.78 Å². The van der Waals surface area contributed by atoms with E-state index >= 15 is 0 Å². The molecule has 0 aliphatic heterocycles. The zero-order chi connectivity index (χ0) is 9.62. The van der Waals surface area contributed by atoms with Gasteiger partial charge in [0.1, 0.15) is 0 Å². The standard InChI is InChI=1S/C6H9F3O2S/c1-5(7,8)6(2-3-6)4-12(9,10)11/h2-4H2,1H3. The Kier molecular flexibility index (Phi) is 1.94. The van der Waals surface area contributed by atoms with Crippen LogP contribution in [0.25, 0.3) is 0 Å². The van der Waals surface area contributed by atoms with Crippen LogP contribution in [0.5, 0.6) is 0 Å². The second-order valence-electron chi connectivity index (χ2n) is 3.35. The first-order valence-electron chi connectivity index (χ1n) is 3.46. The lowest BCUT2D eigenvalue weighted by molar-refractivity contribution is -0.0450. The van der Waals surface area contributed by atoms with Crippen molar-refractivity contribution in [1.82, 2.24) is 0 Å². The topological polar surface area (TPSA) is 34.1 Å². The van der Waals surface area contributed by atoms with E-state index in [9.17, 15) is 21.1 Å². The van der Waals surface area contributed by atoms with Crippen molar-refractivity contribution in [1.29, 1.82) is 0 Å². The summed E-state index contributed by atoms with van der Waals surface area (Å²) in [7, 11) is -4.78. The molecule has 1 rings (SSSR count). The van der Waals surface area contributed by atoms with Gasteiger partial charge in [-0.05, 0) is 19.8 Å². The highest BCUT2D eigenvalue weighted by Crippen LogP contribution is 2.57. The highest BCUT2D eigenvalue weighted by Gasteiger charge is 2.61. The molecule has 6 heteroatoms. The van der Waals surface area contributed by atoms with E-state index in [1.165, 1.54) is 0 Å². The van der Waals surface area contributed by atoms with Crippen LogP contribution in [-0.4, -0.2) is 20.1 Å². The van der Waals surface area contributed by atoms with Crippen LogP contribution in [0.4, 0.5) is 12.7 Å². The third-order valence-electron chi connectivity index (χ3n) is 2.23. The summed E-state index contributed by atoms with van der Waals surface area (Å²) in [6, 6.07) is 0. The highest BCUT2D eigenvalue weighted by atomic mass is 32.3. The Labute approximate surface area is 69.0 Å². The number of rotatable bonds is 3. The Bertz CT molecular complexity index is 274. The van der Waals surface area contributed by atoms with E-state index in [1.54, 1.807) is 0 Å². The molecular formula is C6H9F3O2S. The third-order valence-corrected chi connectivity index (χ3v) is 3.13. The summed E-state index contributed by atoms with van der Waals surface area (Å²) in [6.45, 7) is 0.630. The van der Waals surface area contributed by atoms with Gasteiger partial charge in [0.15, 0.2) is 0 Å². The first kappa shape index (κ1) is 9.83. The van der Waals surface area contributed by atoms with Crippen LogP contribution in [0.15, 0.2) is 0 Å². The summed E-state index contributed by atoms with van der Waals surface area (Å²) in [5.74, 6) is -4.16. The largest absolute Gasteiger partial charge is 0.303 e. The molecule has 0 aromatic rings. The highest BCUT2D eigenvalue weighted by molar-refractivity contribution is 7.86. The number of hydrogen-bond acceptors (Lipinski definition) is 2. The van der Waals surface area contributed by atoms with E-state index < -0.39 is 27.3 Å². The predicted molar refractivity (Wildman–Crippen MR) is 37.2 cm³/mol. The maximum absolute atomic E-state index is 12.7. The Balaban J connectivity index is 2.76. The van der Waals surface area contributed by atoms with E-state index in [2.05, 4.69) is 0 Å². The Morgan fingerprint density at radius 3 is 1.92 bits per heavy atom. The van der Waals surface area contributed by atoms with E-state index in [0.717, 1.165) is 0 Å². The molecular weight excluding hydrogens is 193 g/mol. The van der Waals surface area contributed by atoms with Crippen LogP contribution in [0.2, 0.25) is 0 Å². The van der Waals surface area contributed by atoms with Crippen LogP contribution in [-0.2, 0) is 10.2 Å². The number of alkyl halides is 2. The van der Waals surface area contributed by atoms with Crippen molar-refractivity contribution in [2.75, 3.05) is 5.75 Å². The van der Waals surface area contributed by atoms with Crippen molar-refractivity contribution in [3.63, 3.8) is 0 Å². The van der Waals surface area contributed by atoms with Crippen molar-refractivity contribution < 1.29 is 21.1 Å². The summed E-state index contributed by atoms with van der Waals surface area (Å²) < 4.78 is 57.7. The summed E-state index contributed by atoms with van der Waals surface area (Å²) in [5, 5.41) is 0. The van der Waals surface area contributed by atoms with Gasteiger partial charge in [0.05, 0.1) is 11.2 Å². The molecule has 0 radical (unpaired) electrons. The van der Waals surface area contributed by atoms with E-state index in [0.29, 0.717) is 6.92 Å². The van der Waals surface area contributed by atoms with E-state index in [4.69, 9.17) is 0 Å². The molecule has 0 N–H and O–H groups in total. The average Bonchev–Trinajstić information content (AvgIpc) is 2.39. The fraction of sp³-hybridized carbons (Fsp3) is 1.00. The minimum absolute atomic E-state index is 0.0830. The summed E-state index contributed by atoms with van der Waals surface area (Å²) in [6.07, 6.45) is 0.166. The molecule has 12 heavy (non-hydrogen) atoms. The lowest BCUT2D eigenvalue weighted by Gasteiger charge is -2.20. The third kappa shape index (κ3) is 1.91. The zero-order valence-electron chi connectivity index (χ0n) is 6.48. The monoisotopic (exact) mass is 202 g/mol. The van der Waals surface area contributed by atoms with Gasteiger partial charge in [-0.3, -0.25) is 0 Å². The molecule has 72 valence electrons. The van der Waals surface area contributed by atoms with Crippen molar-refractivity contribution in [3.8, 4) is 0 Å². The molecule has 0 spiro atoms. The lowest BCUT2D eigenvalue weighted by atomic mass is 10.0. The Morgan fingerprint density at radius 1 is 1.42 bits per heavy atom. The molecule has 0 heterocycles. The molecule has 0 aromatic heterocycles. The van der Waals surface area contributed by atoms with Gasteiger partial charge in [-0.15, -0.1) is 3.89 Å². The van der Waals surface area contributed by atoms with Gasteiger partial charge in [-0.1, -0.05) is 0 Å². The van der Waals surface area contributed by atoms with Crippen molar-refractivity contribution in [2.24, 2.45) is 5.41 Å². The van der Waals surface area contributed by atoms with Crippen molar-refractivity contribution in [2.45, 2.75) is 25.7 Å². The molecule has 0 atom stereocenters. The summed E-state index contributed by atoms with van der Waals surface area (Å²) in [4.78, 5) is 0. The van der Waals surface area contributed by atoms with E-state index in [1.807, 2.05) is 0 Å². The molecule has 0 unspecified atom stereocenters. The SMILES string of the molecule is CC(F)(F)C1(CS(=O)(=O)F)CC1. The predicted octanol–water partition coefficient (Wildman–Crippen LogP) is 1.72. The zero-order valence-corrected chi connectivity index (χ0v) is 7.30. The fourth-order valence-electron chi connectivity index (χ4n) is 1.19. The quantitative estimate of drug-likeness (QED) is 0.653. The maximum Gasteiger partial charge on any atom is 0.303 e. The lowest BCUT2D eigenvalue weighted by Crippen LogP contribution is -2.31. The van der Waals surface area contributed by atoms with Gasteiger partial charge < -0.3 is 0 Å². The normalized spacial score (nSPS) is 22.3. The molecule has 0 amide bonds. The average molecular weight is 202 g/mol. The second kappa shape index (κ2) is 2.37. The first-order valence-corrected chi connectivity index (χ1v) is 5.02. The summed E-state index contributed by atoms with van der Waals surface area (Å²) in [5.41, 5.74) is -1.62. The molecule has 1 saturated carbocycles. The molecule has 2 nitrogen and oxygen atoms in total. The van der Waals surface area contributed by atoms with Crippen LogP contribution in [0.1, 0.15) is 19.8 Å². The van der Waals surface area contributed by atoms with Gasteiger partial charge in [0.25, 0.3) is 5.92 Å². The van der Waals surface area contributed by atoms with Gasteiger partial charge in [0.2, 0.25) is 0 Å². The Hall–Kier alpha value is -0.260. The molecule has 1 aliphatic carbocycles. The maximum atomic E-state index is 12.7. The van der Waals surface area contributed by atoms with Crippen molar-refractivity contribution >= 4 is 10.2 Å². The molecule has 0 bridgehead atoms. The van der Waals surface area contributed by atoms with Crippen LogP contribution in [0, 0.1) is 5.41 Å². The first-order chi connectivity index (χ1) is 5.16. The van der Waals surface area contributed by atoms with Gasteiger partial charge in [0, 0.05) is 0 Å². The minimum atomic E-state index is -4.78.